The maximum absolute atomic E-state index is 11.0. The molecule has 0 saturated carbocycles. The molecule has 0 amide bonds. The third-order valence-electron chi connectivity index (χ3n) is 1.75. The minimum Gasteiger partial charge on any atom is -0.400 e. The maximum atomic E-state index is 11.0. The molecule has 6 nitrogen and oxygen atoms in total. The molecule has 0 fully saturated rings. The van der Waals surface area contributed by atoms with Gasteiger partial charge in [0.25, 0.3) is 0 Å². The Kier molecular flexibility index (Phi) is 7.80. The lowest BCUT2D eigenvalue weighted by atomic mass is 10.3. The Bertz CT molecular complexity index is 517. The molecule has 18 heavy (non-hydrogen) atoms. The van der Waals surface area contributed by atoms with Crippen LogP contribution in [0, 0.1) is 0 Å². The first kappa shape index (κ1) is 15.8. The number of aromatic nitrogens is 3. The van der Waals surface area contributed by atoms with E-state index < -0.39 is 0 Å². The highest BCUT2D eigenvalue weighted by Gasteiger charge is 2.02. The molecular formula is C12H17N3O3. The lowest BCUT2D eigenvalue weighted by molar-refractivity contribution is 0.111. The molecule has 2 rings (SSSR count). The van der Waals surface area contributed by atoms with Gasteiger partial charge in [-0.2, -0.15) is 0 Å². The third kappa shape index (κ3) is 4.34. The van der Waals surface area contributed by atoms with Crippen LogP contribution in [0.3, 0.4) is 0 Å². The number of nitrogens with one attached hydrogen (secondary N) is 2. The van der Waals surface area contributed by atoms with Crippen molar-refractivity contribution >= 4 is 6.29 Å². The van der Waals surface area contributed by atoms with Gasteiger partial charge in [-0.05, 0) is 0 Å². The van der Waals surface area contributed by atoms with E-state index in [1.807, 2.05) is 13.8 Å². The summed E-state index contributed by atoms with van der Waals surface area (Å²) < 4.78 is 0. The average molecular weight is 251 g/mol. The number of hydrogen-bond donors (Lipinski definition) is 3. The number of aliphatic hydroxyl groups excluding tert-OH is 1. The summed E-state index contributed by atoms with van der Waals surface area (Å²) in [6, 6.07) is 2.82. The monoisotopic (exact) mass is 251 g/mol. The zero-order valence-corrected chi connectivity index (χ0v) is 10.6. The van der Waals surface area contributed by atoms with Gasteiger partial charge >= 0.3 is 0 Å². The molecule has 0 aliphatic rings. The molecule has 0 aliphatic carbocycles. The quantitative estimate of drug-likeness (QED) is 0.698. The molecule has 3 N–H and O–H groups in total. The van der Waals surface area contributed by atoms with Crippen LogP contribution < -0.4 is 5.43 Å². The van der Waals surface area contributed by atoms with Crippen molar-refractivity contribution in [3.05, 3.63) is 40.4 Å². The molecule has 0 aromatic carbocycles. The number of pyridine rings is 1. The Labute approximate surface area is 105 Å². The van der Waals surface area contributed by atoms with Gasteiger partial charge in [0.15, 0.2) is 17.5 Å². The zero-order chi connectivity index (χ0) is 14.0. The predicted octanol–water partition coefficient (Wildman–Crippen LogP) is 1.21. The van der Waals surface area contributed by atoms with Crippen molar-refractivity contribution in [2.45, 2.75) is 13.8 Å². The fourth-order valence-electron chi connectivity index (χ4n) is 1.11. The van der Waals surface area contributed by atoms with Crippen LogP contribution in [0.1, 0.15) is 24.3 Å². The van der Waals surface area contributed by atoms with Crippen LogP contribution in [0.4, 0.5) is 0 Å². The van der Waals surface area contributed by atoms with Crippen LogP contribution in [-0.2, 0) is 0 Å². The maximum Gasteiger partial charge on any atom is 0.182 e. The molecule has 0 bridgehead atoms. The average Bonchev–Trinajstić information content (AvgIpc) is 2.92. The van der Waals surface area contributed by atoms with E-state index in [1.54, 1.807) is 0 Å². The zero-order valence-electron chi connectivity index (χ0n) is 10.6. The van der Waals surface area contributed by atoms with Crippen molar-refractivity contribution < 1.29 is 9.90 Å². The van der Waals surface area contributed by atoms with Gasteiger partial charge in [-0.25, -0.2) is 4.98 Å². The Morgan fingerprint density at radius 3 is 2.50 bits per heavy atom. The molecule has 0 aliphatic heterocycles. The van der Waals surface area contributed by atoms with Gasteiger partial charge in [0.1, 0.15) is 0 Å². The summed E-state index contributed by atoms with van der Waals surface area (Å²) in [6.07, 6.45) is 3.60. The van der Waals surface area contributed by atoms with Crippen molar-refractivity contribution in [2.75, 3.05) is 7.11 Å². The van der Waals surface area contributed by atoms with Crippen molar-refractivity contribution in [3.63, 3.8) is 0 Å². The number of carbonyl (C=O) groups is 1. The molecule has 2 heterocycles. The van der Waals surface area contributed by atoms with E-state index in [4.69, 9.17) is 5.11 Å². The van der Waals surface area contributed by atoms with Crippen molar-refractivity contribution in [2.24, 2.45) is 0 Å². The lowest BCUT2D eigenvalue weighted by Gasteiger charge is -1.94. The Hall–Kier alpha value is -2.21. The molecular weight excluding hydrogens is 234 g/mol. The summed E-state index contributed by atoms with van der Waals surface area (Å²) >= 11 is 0. The second-order valence-corrected chi connectivity index (χ2v) is 2.74. The van der Waals surface area contributed by atoms with E-state index in [0.717, 1.165) is 7.11 Å². The molecule has 0 unspecified atom stereocenters. The number of carbonyl (C=O) groups excluding carboxylic acids is 1. The number of H-pyrrole nitrogens is 2. The van der Waals surface area contributed by atoms with E-state index in [9.17, 15) is 9.59 Å². The molecule has 0 saturated heterocycles. The molecule has 98 valence electrons. The highest BCUT2D eigenvalue weighted by atomic mass is 16.2. The summed E-state index contributed by atoms with van der Waals surface area (Å²) in [5.41, 5.74) is 0.832. The fourth-order valence-corrected chi connectivity index (χ4v) is 1.11. The Morgan fingerprint density at radius 1 is 1.33 bits per heavy atom. The Balaban J connectivity index is 0.000000659. The smallest absolute Gasteiger partial charge is 0.182 e. The van der Waals surface area contributed by atoms with Gasteiger partial charge in [-0.3, -0.25) is 9.59 Å². The van der Waals surface area contributed by atoms with Crippen molar-refractivity contribution in [1.82, 2.24) is 15.0 Å². The van der Waals surface area contributed by atoms with Gasteiger partial charge in [0.2, 0.25) is 0 Å². The topological polar surface area (TPSA) is 98.8 Å². The minimum atomic E-state index is -0.109. The third-order valence-corrected chi connectivity index (χ3v) is 1.75. The standard InChI is InChI=1S/C9H7N3O2.C2H6.CH4O/c13-5-6-4-11-9(12-6)8-3-7(14)1-2-10-8;2*1-2/h1-5H,(H,10,14)(H,11,12);1-2H3;2H,1H3. The minimum absolute atomic E-state index is 0.109. The number of aldehydes is 1. The number of hydrogen-bond acceptors (Lipinski definition) is 4. The molecule has 2 aromatic rings. The second kappa shape index (κ2) is 8.89. The number of nitrogens with zero attached hydrogens (tertiary/aromatic N) is 1. The summed E-state index contributed by atoms with van der Waals surface area (Å²) in [5.74, 6) is 0.477. The number of aliphatic hydroxyl groups is 1. The first-order chi connectivity index (χ1) is 8.79. The first-order valence-corrected chi connectivity index (χ1v) is 5.43. The Morgan fingerprint density at radius 2 is 2.00 bits per heavy atom. The van der Waals surface area contributed by atoms with Crippen LogP contribution in [0.25, 0.3) is 11.5 Å². The predicted molar refractivity (Wildman–Crippen MR) is 69.5 cm³/mol. The van der Waals surface area contributed by atoms with Crippen LogP contribution in [-0.4, -0.2) is 33.5 Å². The summed E-state index contributed by atoms with van der Waals surface area (Å²) in [7, 11) is 1.00. The molecule has 0 spiro atoms. The second-order valence-electron chi connectivity index (χ2n) is 2.74. The summed E-state index contributed by atoms with van der Waals surface area (Å²) in [6.45, 7) is 4.00. The normalized spacial score (nSPS) is 8.44. The highest BCUT2D eigenvalue weighted by molar-refractivity contribution is 5.72. The summed E-state index contributed by atoms with van der Waals surface area (Å²) in [5, 5.41) is 7.00. The summed E-state index contributed by atoms with van der Waals surface area (Å²) in [4.78, 5) is 30.9. The number of aromatic amines is 2. The van der Waals surface area contributed by atoms with Crippen LogP contribution in [0.2, 0.25) is 0 Å². The van der Waals surface area contributed by atoms with Crippen molar-refractivity contribution in [1.29, 1.82) is 0 Å². The van der Waals surface area contributed by atoms with Crippen LogP contribution in [0.5, 0.6) is 0 Å². The van der Waals surface area contributed by atoms with E-state index >= 15 is 0 Å². The SMILES string of the molecule is CC.CO.O=Cc1cnc(-c2cc(=O)cc[nH]2)[nH]1. The first-order valence-electron chi connectivity index (χ1n) is 5.43. The van der Waals surface area contributed by atoms with E-state index in [2.05, 4.69) is 15.0 Å². The van der Waals surface area contributed by atoms with Gasteiger partial charge in [0, 0.05) is 25.4 Å². The molecule has 0 radical (unpaired) electrons. The largest absolute Gasteiger partial charge is 0.400 e. The van der Waals surface area contributed by atoms with Crippen molar-refractivity contribution in [3.8, 4) is 11.5 Å². The van der Waals surface area contributed by atoms with E-state index in [1.165, 1.54) is 24.5 Å². The fraction of sp³-hybridized carbons (Fsp3) is 0.250. The van der Waals surface area contributed by atoms with Crippen LogP contribution >= 0.6 is 0 Å². The van der Waals surface area contributed by atoms with Gasteiger partial charge in [0.05, 0.1) is 17.6 Å². The molecule has 6 heteroatoms. The molecule has 2 aromatic heterocycles. The number of imidazole rings is 1. The highest BCUT2D eigenvalue weighted by Crippen LogP contribution is 2.08. The van der Waals surface area contributed by atoms with Crippen LogP contribution in [0.15, 0.2) is 29.3 Å². The van der Waals surface area contributed by atoms with Gasteiger partial charge in [-0.15, -0.1) is 0 Å². The molecule has 0 atom stereocenters. The van der Waals surface area contributed by atoms with Gasteiger partial charge < -0.3 is 15.1 Å². The van der Waals surface area contributed by atoms with E-state index in [-0.39, 0.29) is 5.43 Å². The van der Waals surface area contributed by atoms with E-state index in [0.29, 0.717) is 23.5 Å². The lowest BCUT2D eigenvalue weighted by Crippen LogP contribution is -1.98. The number of rotatable bonds is 2. The van der Waals surface area contributed by atoms with Gasteiger partial charge in [-0.1, -0.05) is 13.8 Å².